The van der Waals surface area contributed by atoms with E-state index in [-0.39, 0.29) is 5.91 Å². The van der Waals surface area contributed by atoms with Crippen LogP contribution in [0, 0.1) is 6.92 Å². The monoisotopic (exact) mass is 324 g/mol. The molecule has 0 aliphatic heterocycles. The van der Waals surface area contributed by atoms with Crippen molar-refractivity contribution in [3.8, 4) is 5.75 Å². The van der Waals surface area contributed by atoms with E-state index in [9.17, 15) is 4.79 Å². The fourth-order valence-corrected chi connectivity index (χ4v) is 2.64. The normalized spacial score (nSPS) is 10.8. The molecule has 5 heteroatoms. The molecule has 1 aromatic heterocycles. The van der Waals surface area contributed by atoms with Gasteiger partial charge >= 0.3 is 0 Å². The molecule has 2 aromatic carbocycles. The van der Waals surface area contributed by atoms with Gasteiger partial charge in [-0.05, 0) is 35.7 Å². The summed E-state index contributed by atoms with van der Waals surface area (Å²) in [7, 11) is 1.64. The molecule has 24 heavy (non-hydrogen) atoms. The van der Waals surface area contributed by atoms with Crippen LogP contribution in [-0.4, -0.2) is 18.0 Å². The van der Waals surface area contributed by atoms with Crippen molar-refractivity contribution >= 4 is 17.0 Å². The summed E-state index contributed by atoms with van der Waals surface area (Å²) in [5, 5.41) is 2.94. The standard InChI is InChI=1S/C19H20N2O3/c1-13-21-16-11-14(7-9-18(16)24-13)12-20-19(22)10-8-15-5-3-4-6-17(15)23-2/h3-7,9,11H,8,10,12H2,1-2H3,(H,20,22). The van der Waals surface area contributed by atoms with Crippen LogP contribution in [0.1, 0.15) is 23.4 Å². The number of para-hydroxylation sites is 1. The Morgan fingerprint density at radius 2 is 2.08 bits per heavy atom. The van der Waals surface area contributed by atoms with Crippen molar-refractivity contribution in [3.63, 3.8) is 0 Å². The van der Waals surface area contributed by atoms with Crippen molar-refractivity contribution in [2.45, 2.75) is 26.3 Å². The number of rotatable bonds is 6. The molecule has 0 saturated carbocycles. The van der Waals surface area contributed by atoms with Crippen molar-refractivity contribution in [2.75, 3.05) is 7.11 Å². The number of hydrogen-bond acceptors (Lipinski definition) is 4. The number of benzene rings is 2. The third-order valence-electron chi connectivity index (χ3n) is 3.86. The number of carbonyl (C=O) groups is 1. The maximum atomic E-state index is 12.1. The molecule has 0 radical (unpaired) electrons. The number of oxazole rings is 1. The first kappa shape index (κ1) is 16.1. The number of aromatic nitrogens is 1. The molecule has 0 fully saturated rings. The highest BCUT2D eigenvalue weighted by Gasteiger charge is 2.07. The molecular formula is C19H20N2O3. The number of nitrogens with zero attached hydrogens (tertiary/aromatic N) is 1. The van der Waals surface area contributed by atoms with E-state index in [1.807, 2.05) is 49.4 Å². The highest BCUT2D eigenvalue weighted by Crippen LogP contribution is 2.19. The molecular weight excluding hydrogens is 304 g/mol. The SMILES string of the molecule is COc1ccccc1CCC(=O)NCc1ccc2oc(C)nc2c1. The zero-order valence-electron chi connectivity index (χ0n) is 13.8. The van der Waals surface area contributed by atoms with E-state index in [1.54, 1.807) is 7.11 Å². The molecule has 0 aliphatic rings. The second-order valence-electron chi connectivity index (χ2n) is 5.62. The quantitative estimate of drug-likeness (QED) is 0.755. The molecule has 3 rings (SSSR count). The van der Waals surface area contributed by atoms with Gasteiger partial charge in [-0.3, -0.25) is 4.79 Å². The van der Waals surface area contributed by atoms with E-state index in [0.717, 1.165) is 28.0 Å². The summed E-state index contributed by atoms with van der Waals surface area (Å²) in [5.74, 6) is 1.47. The fourth-order valence-electron chi connectivity index (χ4n) is 2.64. The summed E-state index contributed by atoms with van der Waals surface area (Å²) in [6.45, 7) is 2.30. The Balaban J connectivity index is 1.54. The summed E-state index contributed by atoms with van der Waals surface area (Å²) in [4.78, 5) is 16.4. The second kappa shape index (κ2) is 7.17. The molecule has 0 aliphatic carbocycles. The van der Waals surface area contributed by atoms with Crippen LogP contribution < -0.4 is 10.1 Å². The first-order valence-corrected chi connectivity index (χ1v) is 7.90. The van der Waals surface area contributed by atoms with E-state index in [1.165, 1.54) is 0 Å². The van der Waals surface area contributed by atoms with Gasteiger partial charge in [-0.15, -0.1) is 0 Å². The molecule has 1 heterocycles. The molecule has 0 atom stereocenters. The zero-order valence-corrected chi connectivity index (χ0v) is 13.8. The van der Waals surface area contributed by atoms with Gasteiger partial charge in [0.2, 0.25) is 5.91 Å². The molecule has 5 nitrogen and oxygen atoms in total. The Labute approximate surface area is 140 Å². The lowest BCUT2D eigenvalue weighted by Gasteiger charge is -2.08. The van der Waals surface area contributed by atoms with Crippen molar-refractivity contribution in [1.82, 2.24) is 10.3 Å². The number of hydrogen-bond donors (Lipinski definition) is 1. The number of carbonyl (C=O) groups excluding carboxylic acids is 1. The first-order valence-electron chi connectivity index (χ1n) is 7.90. The predicted octanol–water partition coefficient (Wildman–Crippen LogP) is 3.39. The Bertz CT molecular complexity index is 855. The van der Waals surface area contributed by atoms with Crippen LogP contribution in [0.5, 0.6) is 5.75 Å². The van der Waals surface area contributed by atoms with E-state index in [0.29, 0.717) is 25.3 Å². The van der Waals surface area contributed by atoms with Gasteiger partial charge in [0.1, 0.15) is 11.3 Å². The van der Waals surface area contributed by atoms with Crippen molar-refractivity contribution in [3.05, 3.63) is 59.5 Å². The number of aryl methyl sites for hydroxylation is 2. The molecule has 3 aromatic rings. The number of nitrogens with one attached hydrogen (secondary N) is 1. The summed E-state index contributed by atoms with van der Waals surface area (Å²) < 4.78 is 10.7. The van der Waals surface area contributed by atoms with E-state index in [4.69, 9.17) is 9.15 Å². The van der Waals surface area contributed by atoms with Crippen LogP contribution in [0.4, 0.5) is 0 Å². The Morgan fingerprint density at radius 3 is 2.92 bits per heavy atom. The van der Waals surface area contributed by atoms with Gasteiger partial charge in [-0.2, -0.15) is 0 Å². The van der Waals surface area contributed by atoms with Crippen molar-refractivity contribution in [1.29, 1.82) is 0 Å². The van der Waals surface area contributed by atoms with Crippen LogP contribution in [0.15, 0.2) is 46.9 Å². The lowest BCUT2D eigenvalue weighted by molar-refractivity contribution is -0.121. The lowest BCUT2D eigenvalue weighted by atomic mass is 10.1. The number of fused-ring (bicyclic) bond motifs is 1. The summed E-state index contributed by atoms with van der Waals surface area (Å²) in [5.41, 5.74) is 3.61. The number of methoxy groups -OCH3 is 1. The predicted molar refractivity (Wildman–Crippen MR) is 91.9 cm³/mol. The zero-order chi connectivity index (χ0) is 16.9. The maximum absolute atomic E-state index is 12.1. The Hall–Kier alpha value is -2.82. The van der Waals surface area contributed by atoms with Gasteiger partial charge in [-0.1, -0.05) is 24.3 Å². The molecule has 0 saturated heterocycles. The molecule has 1 N–H and O–H groups in total. The van der Waals surface area contributed by atoms with Crippen LogP contribution in [-0.2, 0) is 17.8 Å². The van der Waals surface area contributed by atoms with Gasteiger partial charge in [0, 0.05) is 19.9 Å². The van der Waals surface area contributed by atoms with E-state index >= 15 is 0 Å². The van der Waals surface area contributed by atoms with Gasteiger partial charge in [-0.25, -0.2) is 4.98 Å². The van der Waals surface area contributed by atoms with Crippen LogP contribution in [0.2, 0.25) is 0 Å². The van der Waals surface area contributed by atoms with Gasteiger partial charge in [0.15, 0.2) is 11.5 Å². The first-order chi connectivity index (χ1) is 11.7. The van der Waals surface area contributed by atoms with E-state index < -0.39 is 0 Å². The third-order valence-corrected chi connectivity index (χ3v) is 3.86. The minimum Gasteiger partial charge on any atom is -0.496 e. The summed E-state index contributed by atoms with van der Waals surface area (Å²) in [6.07, 6.45) is 1.07. The lowest BCUT2D eigenvalue weighted by Crippen LogP contribution is -2.23. The highest BCUT2D eigenvalue weighted by atomic mass is 16.5. The number of ether oxygens (including phenoxy) is 1. The third kappa shape index (κ3) is 3.74. The van der Waals surface area contributed by atoms with Crippen LogP contribution >= 0.6 is 0 Å². The second-order valence-corrected chi connectivity index (χ2v) is 5.62. The maximum Gasteiger partial charge on any atom is 0.220 e. The average Bonchev–Trinajstić information content (AvgIpc) is 2.97. The van der Waals surface area contributed by atoms with Gasteiger partial charge in [0.05, 0.1) is 7.11 Å². The Morgan fingerprint density at radius 1 is 1.25 bits per heavy atom. The number of amides is 1. The summed E-state index contributed by atoms with van der Waals surface area (Å²) in [6, 6.07) is 13.5. The largest absolute Gasteiger partial charge is 0.496 e. The highest BCUT2D eigenvalue weighted by molar-refractivity contribution is 5.77. The Kier molecular flexibility index (Phi) is 4.79. The fraction of sp³-hybridized carbons (Fsp3) is 0.263. The molecule has 0 bridgehead atoms. The average molecular weight is 324 g/mol. The molecule has 1 amide bonds. The summed E-state index contributed by atoms with van der Waals surface area (Å²) >= 11 is 0. The minimum absolute atomic E-state index is 0.0114. The smallest absolute Gasteiger partial charge is 0.220 e. The molecule has 0 spiro atoms. The topological polar surface area (TPSA) is 64.4 Å². The molecule has 124 valence electrons. The van der Waals surface area contributed by atoms with Crippen LogP contribution in [0.3, 0.4) is 0 Å². The molecule has 0 unspecified atom stereocenters. The van der Waals surface area contributed by atoms with Crippen molar-refractivity contribution < 1.29 is 13.9 Å². The van der Waals surface area contributed by atoms with E-state index in [2.05, 4.69) is 10.3 Å². The van der Waals surface area contributed by atoms with Gasteiger partial charge < -0.3 is 14.5 Å². The van der Waals surface area contributed by atoms with Gasteiger partial charge in [0.25, 0.3) is 0 Å². The van der Waals surface area contributed by atoms with Crippen LogP contribution in [0.25, 0.3) is 11.1 Å². The van der Waals surface area contributed by atoms with Crippen molar-refractivity contribution in [2.24, 2.45) is 0 Å². The minimum atomic E-state index is 0.0114.